The summed E-state index contributed by atoms with van der Waals surface area (Å²) in [6, 6.07) is 0. The molecule has 0 saturated heterocycles. The molecule has 0 fully saturated rings. The maximum absolute atomic E-state index is 11.7. The Labute approximate surface area is 116 Å². The van der Waals surface area contributed by atoms with Crippen LogP contribution in [-0.2, 0) is 14.9 Å². The minimum atomic E-state index is -4.45. The quantitative estimate of drug-likeness (QED) is 0.837. The van der Waals surface area contributed by atoms with E-state index in [4.69, 9.17) is 14.2 Å². The summed E-state index contributed by atoms with van der Waals surface area (Å²) in [6.07, 6.45) is -0.269. The standard InChI is InChI=1S/C11H16O6S2/c1-3-4-11(15-2,19(12,13)14)10-5-16-8-6-18-7-9(8)17-10/h6-7,10H,3-5H2,1-2H3,(H,12,13,14). The lowest BCUT2D eigenvalue weighted by atomic mass is 10.1. The second-order valence-electron chi connectivity index (χ2n) is 4.26. The Kier molecular flexibility index (Phi) is 4.05. The van der Waals surface area contributed by atoms with Crippen molar-refractivity contribution in [2.45, 2.75) is 30.8 Å². The van der Waals surface area contributed by atoms with Gasteiger partial charge in [-0.25, -0.2) is 0 Å². The third-order valence-corrected chi connectivity index (χ3v) is 5.33. The molecular weight excluding hydrogens is 292 g/mol. The third kappa shape index (κ3) is 2.45. The fourth-order valence-corrected chi connectivity index (χ4v) is 3.97. The van der Waals surface area contributed by atoms with Gasteiger partial charge in [-0.3, -0.25) is 4.55 Å². The first kappa shape index (κ1) is 14.6. The van der Waals surface area contributed by atoms with E-state index in [9.17, 15) is 13.0 Å². The van der Waals surface area contributed by atoms with Crippen molar-refractivity contribution in [1.29, 1.82) is 0 Å². The molecule has 0 spiro atoms. The minimum Gasteiger partial charge on any atom is -0.485 e. The summed E-state index contributed by atoms with van der Waals surface area (Å²) in [5.74, 6) is 1.06. The lowest BCUT2D eigenvalue weighted by Gasteiger charge is -2.38. The zero-order chi connectivity index (χ0) is 14.1. The number of methoxy groups -OCH3 is 1. The molecule has 0 amide bonds. The molecule has 1 aromatic heterocycles. The van der Waals surface area contributed by atoms with Gasteiger partial charge in [0.05, 0.1) is 0 Å². The molecule has 0 bridgehead atoms. The van der Waals surface area contributed by atoms with E-state index < -0.39 is 21.2 Å². The Hall–Kier alpha value is -0.830. The van der Waals surface area contributed by atoms with Gasteiger partial charge < -0.3 is 14.2 Å². The summed E-state index contributed by atoms with van der Waals surface area (Å²) in [7, 11) is -3.20. The molecule has 2 unspecified atom stereocenters. The fraction of sp³-hybridized carbons (Fsp3) is 0.636. The van der Waals surface area contributed by atoms with Crippen LogP contribution in [0.3, 0.4) is 0 Å². The Morgan fingerprint density at radius 2 is 2.21 bits per heavy atom. The molecule has 108 valence electrons. The molecule has 6 nitrogen and oxygen atoms in total. The van der Waals surface area contributed by atoms with Crippen molar-refractivity contribution in [2.24, 2.45) is 0 Å². The van der Waals surface area contributed by atoms with Gasteiger partial charge in [0.2, 0.25) is 4.93 Å². The molecule has 19 heavy (non-hydrogen) atoms. The van der Waals surface area contributed by atoms with Crippen LogP contribution in [-0.4, -0.2) is 37.7 Å². The van der Waals surface area contributed by atoms with Crippen molar-refractivity contribution in [2.75, 3.05) is 13.7 Å². The summed E-state index contributed by atoms with van der Waals surface area (Å²) in [5, 5.41) is 3.49. The summed E-state index contributed by atoms with van der Waals surface area (Å²) in [4.78, 5) is -1.80. The Morgan fingerprint density at radius 1 is 1.53 bits per heavy atom. The number of fused-ring (bicyclic) bond motifs is 1. The first-order chi connectivity index (χ1) is 8.94. The summed E-state index contributed by atoms with van der Waals surface area (Å²) < 4.78 is 49.2. The van der Waals surface area contributed by atoms with Gasteiger partial charge in [-0.15, -0.1) is 11.3 Å². The van der Waals surface area contributed by atoms with Gasteiger partial charge in [0.1, 0.15) is 6.61 Å². The van der Waals surface area contributed by atoms with Crippen LogP contribution in [0.1, 0.15) is 19.8 Å². The largest absolute Gasteiger partial charge is 0.485 e. The number of thiophene rings is 1. The highest BCUT2D eigenvalue weighted by molar-refractivity contribution is 7.87. The van der Waals surface area contributed by atoms with E-state index in [0.717, 1.165) is 0 Å². The van der Waals surface area contributed by atoms with Gasteiger partial charge in [0.15, 0.2) is 17.6 Å². The Balaban J connectivity index is 2.36. The maximum Gasteiger partial charge on any atom is 0.299 e. The molecule has 8 heteroatoms. The molecule has 1 aromatic rings. The molecule has 1 aliphatic rings. The van der Waals surface area contributed by atoms with Crippen LogP contribution in [0.25, 0.3) is 0 Å². The predicted molar refractivity (Wildman–Crippen MR) is 70.4 cm³/mol. The molecule has 2 atom stereocenters. The molecular formula is C11H16O6S2. The fourth-order valence-electron chi connectivity index (χ4n) is 2.18. The summed E-state index contributed by atoms with van der Waals surface area (Å²) in [5.41, 5.74) is 0. The first-order valence-electron chi connectivity index (χ1n) is 5.82. The molecule has 1 N–H and O–H groups in total. The Morgan fingerprint density at radius 3 is 2.79 bits per heavy atom. The lowest BCUT2D eigenvalue weighted by molar-refractivity contribution is -0.0689. The smallest absolute Gasteiger partial charge is 0.299 e. The SMILES string of the molecule is CCCC(OC)(C1COc2cscc2O1)S(=O)(=O)O. The average molecular weight is 308 g/mol. The van der Waals surface area contributed by atoms with Crippen molar-refractivity contribution in [3.05, 3.63) is 10.8 Å². The van der Waals surface area contributed by atoms with E-state index in [-0.39, 0.29) is 13.0 Å². The van der Waals surface area contributed by atoms with Gasteiger partial charge in [0.25, 0.3) is 10.1 Å². The van der Waals surface area contributed by atoms with E-state index in [2.05, 4.69) is 0 Å². The maximum atomic E-state index is 11.7. The van der Waals surface area contributed by atoms with E-state index in [0.29, 0.717) is 17.9 Å². The van der Waals surface area contributed by atoms with Crippen molar-refractivity contribution >= 4 is 21.5 Å². The van der Waals surface area contributed by atoms with Gasteiger partial charge in [0, 0.05) is 17.9 Å². The molecule has 0 saturated carbocycles. The highest BCUT2D eigenvalue weighted by atomic mass is 32.2. The molecule has 2 rings (SSSR count). The van der Waals surface area contributed by atoms with Crippen molar-refractivity contribution in [1.82, 2.24) is 0 Å². The summed E-state index contributed by atoms with van der Waals surface area (Å²) in [6.45, 7) is 1.82. The van der Waals surface area contributed by atoms with Crippen LogP contribution in [0.2, 0.25) is 0 Å². The van der Waals surface area contributed by atoms with Crippen LogP contribution >= 0.6 is 11.3 Å². The van der Waals surface area contributed by atoms with E-state index in [1.165, 1.54) is 18.4 Å². The zero-order valence-electron chi connectivity index (χ0n) is 10.7. The first-order valence-corrected chi connectivity index (χ1v) is 8.20. The third-order valence-electron chi connectivity index (χ3n) is 3.12. The van der Waals surface area contributed by atoms with Crippen LogP contribution < -0.4 is 9.47 Å². The van der Waals surface area contributed by atoms with E-state index >= 15 is 0 Å². The summed E-state index contributed by atoms with van der Waals surface area (Å²) >= 11 is 1.39. The molecule has 1 aliphatic heterocycles. The van der Waals surface area contributed by atoms with Gasteiger partial charge in [-0.05, 0) is 6.42 Å². The topological polar surface area (TPSA) is 82.1 Å². The van der Waals surface area contributed by atoms with E-state index in [1.807, 2.05) is 0 Å². The van der Waals surface area contributed by atoms with Gasteiger partial charge in [-0.1, -0.05) is 13.3 Å². The highest BCUT2D eigenvalue weighted by Crippen LogP contribution is 2.40. The van der Waals surface area contributed by atoms with Crippen molar-refractivity contribution < 1.29 is 27.2 Å². The van der Waals surface area contributed by atoms with E-state index in [1.54, 1.807) is 17.7 Å². The average Bonchev–Trinajstić information content (AvgIpc) is 2.81. The molecule has 0 radical (unpaired) electrons. The normalized spacial score (nSPS) is 21.9. The van der Waals surface area contributed by atoms with Crippen molar-refractivity contribution in [3.8, 4) is 11.5 Å². The van der Waals surface area contributed by atoms with Crippen LogP contribution in [0.5, 0.6) is 11.5 Å². The van der Waals surface area contributed by atoms with Crippen LogP contribution in [0.4, 0.5) is 0 Å². The molecule has 2 heterocycles. The highest BCUT2D eigenvalue weighted by Gasteiger charge is 2.53. The second-order valence-corrected chi connectivity index (χ2v) is 6.64. The Bertz CT molecular complexity index is 537. The molecule has 0 aromatic carbocycles. The zero-order valence-corrected chi connectivity index (χ0v) is 12.3. The number of hydrogen-bond donors (Lipinski definition) is 1. The monoisotopic (exact) mass is 308 g/mol. The number of hydrogen-bond acceptors (Lipinski definition) is 6. The van der Waals surface area contributed by atoms with Crippen molar-refractivity contribution in [3.63, 3.8) is 0 Å². The van der Waals surface area contributed by atoms with Gasteiger partial charge >= 0.3 is 0 Å². The van der Waals surface area contributed by atoms with Gasteiger partial charge in [-0.2, -0.15) is 8.42 Å². The number of ether oxygens (including phenoxy) is 3. The second kappa shape index (κ2) is 5.28. The van der Waals surface area contributed by atoms with Crippen LogP contribution in [0.15, 0.2) is 10.8 Å². The predicted octanol–water partition coefficient (Wildman–Crippen LogP) is 1.92. The van der Waals surface area contributed by atoms with Crippen LogP contribution in [0, 0.1) is 0 Å². The number of rotatable bonds is 5. The minimum absolute atomic E-state index is 0.0113. The molecule has 0 aliphatic carbocycles. The lowest BCUT2D eigenvalue weighted by Crippen LogP contribution is -2.56.